The number of carbonyl (C=O) groups is 3. The first-order chi connectivity index (χ1) is 33.6. The predicted molar refractivity (Wildman–Crippen MR) is 293 cm³/mol. The van der Waals surface area contributed by atoms with E-state index in [9.17, 15) is 19.5 Å². The molecule has 2 atom stereocenters. The molecule has 0 aliphatic heterocycles. The molecule has 0 aromatic carbocycles. The van der Waals surface area contributed by atoms with E-state index in [0.29, 0.717) is 19.3 Å². The lowest BCUT2D eigenvalue weighted by molar-refractivity contribution is -0.887. The average Bonchev–Trinajstić information content (AvgIpc) is 3.31. The zero-order valence-electron chi connectivity index (χ0n) is 44.5. The van der Waals surface area contributed by atoms with Gasteiger partial charge in [0.15, 0.2) is 12.1 Å². The normalized spacial score (nSPS) is 13.8. The zero-order chi connectivity index (χ0) is 50.6. The zero-order valence-corrected chi connectivity index (χ0v) is 44.5. The number of esters is 2. The van der Waals surface area contributed by atoms with Crippen LogP contribution in [0.4, 0.5) is 0 Å². The number of hydrogen-bond acceptors (Lipinski definition) is 6. The first-order valence-electron chi connectivity index (χ1n) is 27.1. The van der Waals surface area contributed by atoms with E-state index in [0.717, 1.165) is 89.9 Å². The van der Waals surface area contributed by atoms with Crippen LogP contribution in [-0.2, 0) is 28.6 Å². The highest BCUT2D eigenvalue weighted by atomic mass is 16.6. The van der Waals surface area contributed by atoms with Gasteiger partial charge in [-0.3, -0.25) is 9.59 Å². The number of likely N-dealkylation sites (N-methyl/N-ethyl adjacent to an activating group) is 1. The Kier molecular flexibility index (Phi) is 47.0. The molecule has 0 aromatic heterocycles. The van der Waals surface area contributed by atoms with Gasteiger partial charge in [0.2, 0.25) is 0 Å². The van der Waals surface area contributed by atoms with Crippen molar-refractivity contribution in [2.45, 2.75) is 206 Å². The summed E-state index contributed by atoms with van der Waals surface area (Å²) < 4.78 is 17.3. The van der Waals surface area contributed by atoms with Crippen LogP contribution in [-0.4, -0.2) is 80.6 Å². The summed E-state index contributed by atoms with van der Waals surface area (Å²) in [5.41, 5.74) is 0. The lowest BCUT2D eigenvalue weighted by atomic mass is 10.1. The lowest BCUT2D eigenvalue weighted by Crippen LogP contribution is -2.50. The van der Waals surface area contributed by atoms with Gasteiger partial charge >= 0.3 is 17.9 Å². The SMILES string of the molecule is CC/C=C/C/C=C/C/C=C/C/C=C/C/C=C/C/C=C/C/C=C/CCCC(=O)OC(COCCC(C(=O)O)[N+](C)(C)C)COC(=O)CCCCCCCCCCC/C=C/C/C=C/C/C=C/CCCCC. The van der Waals surface area contributed by atoms with Gasteiger partial charge in [0, 0.05) is 19.3 Å². The number of allylic oxidation sites excluding steroid dienone is 20. The van der Waals surface area contributed by atoms with Crippen LogP contribution in [0.1, 0.15) is 194 Å². The average molecular weight is 959 g/mol. The second-order valence-electron chi connectivity index (χ2n) is 18.7. The van der Waals surface area contributed by atoms with Gasteiger partial charge in [-0.25, -0.2) is 4.79 Å². The number of carboxylic acids is 1. The number of rotatable bonds is 47. The van der Waals surface area contributed by atoms with Gasteiger partial charge in [0.05, 0.1) is 34.4 Å². The van der Waals surface area contributed by atoms with Crippen molar-refractivity contribution in [3.63, 3.8) is 0 Å². The lowest BCUT2D eigenvalue weighted by Gasteiger charge is -2.31. The summed E-state index contributed by atoms with van der Waals surface area (Å²) in [5.74, 6) is -1.56. The van der Waals surface area contributed by atoms with Gasteiger partial charge in [0.1, 0.15) is 6.61 Å². The molecule has 0 fully saturated rings. The van der Waals surface area contributed by atoms with Gasteiger partial charge in [-0.15, -0.1) is 0 Å². The van der Waals surface area contributed by atoms with Crippen LogP contribution in [0.2, 0.25) is 0 Å². The summed E-state index contributed by atoms with van der Waals surface area (Å²) in [7, 11) is 5.50. The first kappa shape index (κ1) is 64.7. The summed E-state index contributed by atoms with van der Waals surface area (Å²) in [4.78, 5) is 37.2. The molecule has 0 aliphatic carbocycles. The molecular weight excluding hydrogens is 859 g/mol. The van der Waals surface area contributed by atoms with E-state index in [1.165, 1.54) is 64.2 Å². The third-order valence-corrected chi connectivity index (χ3v) is 11.3. The van der Waals surface area contributed by atoms with Crippen molar-refractivity contribution in [3.8, 4) is 0 Å². The Morgan fingerprint density at radius 2 is 0.826 bits per heavy atom. The summed E-state index contributed by atoms with van der Waals surface area (Å²) in [6.45, 7) is 4.52. The van der Waals surface area contributed by atoms with Crippen LogP contribution in [0.5, 0.6) is 0 Å². The van der Waals surface area contributed by atoms with E-state index in [4.69, 9.17) is 14.2 Å². The van der Waals surface area contributed by atoms with Gasteiger partial charge in [-0.2, -0.15) is 0 Å². The second kappa shape index (κ2) is 50.1. The van der Waals surface area contributed by atoms with E-state index in [1.54, 1.807) is 0 Å². The monoisotopic (exact) mass is 959 g/mol. The molecule has 0 aliphatic rings. The highest BCUT2D eigenvalue weighted by molar-refractivity contribution is 5.72. The molecule has 0 radical (unpaired) electrons. The molecule has 0 spiro atoms. The molecule has 0 amide bonds. The molecule has 1 N–H and O–H groups in total. The van der Waals surface area contributed by atoms with Gasteiger partial charge in [0.25, 0.3) is 0 Å². The molecule has 69 heavy (non-hydrogen) atoms. The number of aliphatic carboxylic acids is 1. The highest BCUT2D eigenvalue weighted by Gasteiger charge is 2.31. The molecule has 8 nitrogen and oxygen atoms in total. The summed E-state index contributed by atoms with van der Waals surface area (Å²) in [5, 5.41) is 9.67. The van der Waals surface area contributed by atoms with Crippen LogP contribution in [0.15, 0.2) is 122 Å². The van der Waals surface area contributed by atoms with Crippen LogP contribution >= 0.6 is 0 Å². The fraction of sp³-hybridized carbons (Fsp3) is 0.623. The third kappa shape index (κ3) is 48.5. The minimum absolute atomic E-state index is 0.0280. The van der Waals surface area contributed by atoms with Gasteiger partial charge in [-0.05, 0) is 103 Å². The Balaban J connectivity index is 4.36. The topological polar surface area (TPSA) is 99.1 Å². The number of ether oxygens (including phenoxy) is 3. The number of carboxylic acid groups (broad SMARTS) is 1. The van der Waals surface area contributed by atoms with E-state index in [-0.39, 0.29) is 42.7 Å². The van der Waals surface area contributed by atoms with E-state index >= 15 is 0 Å². The van der Waals surface area contributed by atoms with E-state index in [2.05, 4.69) is 135 Å². The van der Waals surface area contributed by atoms with E-state index in [1.807, 2.05) is 21.1 Å². The predicted octanol–water partition coefficient (Wildman–Crippen LogP) is 16.1. The number of nitrogens with zero attached hydrogens (tertiary/aromatic N) is 1. The van der Waals surface area contributed by atoms with Crippen LogP contribution in [0, 0.1) is 0 Å². The molecule has 390 valence electrons. The second-order valence-corrected chi connectivity index (χ2v) is 18.7. The Bertz CT molecular complexity index is 1540. The molecule has 0 saturated heterocycles. The van der Waals surface area contributed by atoms with E-state index < -0.39 is 18.1 Å². The van der Waals surface area contributed by atoms with Crippen molar-refractivity contribution < 1.29 is 38.2 Å². The summed E-state index contributed by atoms with van der Waals surface area (Å²) in [6, 6.07) is -0.635. The van der Waals surface area contributed by atoms with Crippen molar-refractivity contribution in [1.82, 2.24) is 0 Å². The Morgan fingerprint density at radius 3 is 1.25 bits per heavy atom. The molecular formula is C61H100NO7+. The number of carbonyl (C=O) groups excluding carboxylic acids is 2. The smallest absolute Gasteiger partial charge is 0.362 e. The largest absolute Gasteiger partial charge is 0.477 e. The highest BCUT2D eigenvalue weighted by Crippen LogP contribution is 2.14. The molecule has 0 rings (SSSR count). The summed E-state index contributed by atoms with van der Waals surface area (Å²) in [6.07, 6.45) is 71.2. The standard InChI is InChI=1S/C61H99NO7/c1-6-8-10-12-14-16-18-20-22-24-26-28-30-32-34-36-38-40-42-44-46-48-50-52-60(64)69-57(55-67-54-53-58(61(65)66)62(3,4)5)56-68-59(63)51-49-47-45-43-41-39-37-35-33-31-29-27-25-23-21-19-17-15-13-11-9-7-2/h8,10,14-17,20-23,26-29,32,34,38,40,44,46,57-58H,6-7,9,11-13,18-19,24-25,30-31,33,35-37,39,41-43,45,47-56H2,1-5H3/p+1/b10-8+,16-14+,17-15+,22-20+,23-21+,28-26+,29-27+,34-32+,40-38+,46-44+. The minimum Gasteiger partial charge on any atom is -0.477 e. The Hall–Kier alpha value is -4.27. The molecule has 0 aromatic rings. The minimum atomic E-state index is -0.889. The number of quaternary nitrogens is 1. The van der Waals surface area contributed by atoms with Crippen molar-refractivity contribution in [2.75, 3.05) is 41.0 Å². The number of hydrogen-bond donors (Lipinski definition) is 1. The first-order valence-corrected chi connectivity index (χ1v) is 27.1. The fourth-order valence-electron chi connectivity index (χ4n) is 7.20. The van der Waals surface area contributed by atoms with Crippen molar-refractivity contribution in [3.05, 3.63) is 122 Å². The molecule has 8 heteroatoms. The Labute approximate surface area is 422 Å². The maximum Gasteiger partial charge on any atom is 0.362 e. The quantitative estimate of drug-likeness (QED) is 0.0281. The fourth-order valence-corrected chi connectivity index (χ4v) is 7.20. The van der Waals surface area contributed by atoms with Crippen molar-refractivity contribution in [2.24, 2.45) is 0 Å². The maximum absolute atomic E-state index is 12.8. The molecule has 0 saturated carbocycles. The third-order valence-electron chi connectivity index (χ3n) is 11.3. The molecule has 2 unspecified atom stereocenters. The van der Waals surface area contributed by atoms with Gasteiger partial charge < -0.3 is 23.8 Å². The Morgan fingerprint density at radius 1 is 0.449 bits per heavy atom. The van der Waals surface area contributed by atoms with Crippen LogP contribution in [0.3, 0.4) is 0 Å². The van der Waals surface area contributed by atoms with Crippen LogP contribution in [0.25, 0.3) is 0 Å². The maximum atomic E-state index is 12.8. The summed E-state index contributed by atoms with van der Waals surface area (Å²) >= 11 is 0. The number of unbranched alkanes of at least 4 members (excludes halogenated alkanes) is 13. The molecule has 0 bridgehead atoms. The van der Waals surface area contributed by atoms with Crippen molar-refractivity contribution >= 4 is 17.9 Å². The molecule has 0 heterocycles. The van der Waals surface area contributed by atoms with Crippen LogP contribution < -0.4 is 0 Å². The van der Waals surface area contributed by atoms with Crippen molar-refractivity contribution in [1.29, 1.82) is 0 Å². The van der Waals surface area contributed by atoms with Gasteiger partial charge in [-0.1, -0.05) is 193 Å².